The van der Waals surface area contributed by atoms with Crippen LogP contribution in [0.2, 0.25) is 0 Å². The third kappa shape index (κ3) is 8.29. The third-order valence-corrected chi connectivity index (χ3v) is 5.11. The van der Waals surface area contributed by atoms with E-state index in [2.05, 4.69) is 5.32 Å². The minimum Gasteiger partial charge on any atom is -0.497 e. The number of carboxylic acid groups (broad SMARTS) is 1. The molecule has 1 amide bonds. The van der Waals surface area contributed by atoms with Gasteiger partial charge in [-0.15, -0.1) is 0 Å². The molecule has 2 atom stereocenters. The van der Waals surface area contributed by atoms with E-state index >= 15 is 0 Å². The topological polar surface area (TPSA) is 75.6 Å². The second-order valence-electron chi connectivity index (χ2n) is 7.19. The van der Waals surface area contributed by atoms with Gasteiger partial charge in [0.05, 0.1) is 7.11 Å². The van der Waals surface area contributed by atoms with Crippen LogP contribution in [-0.2, 0) is 9.59 Å². The summed E-state index contributed by atoms with van der Waals surface area (Å²) in [6, 6.07) is 7.68. The zero-order valence-electron chi connectivity index (χ0n) is 15.7. The number of nitrogens with one attached hydrogen (secondary N) is 1. The first-order valence-corrected chi connectivity index (χ1v) is 9.45. The van der Waals surface area contributed by atoms with Crippen LogP contribution in [0.5, 0.6) is 5.75 Å². The summed E-state index contributed by atoms with van der Waals surface area (Å²) in [5.74, 6) is 0.520. The van der Waals surface area contributed by atoms with E-state index in [1.807, 2.05) is 52.0 Å². The van der Waals surface area contributed by atoms with E-state index in [1.165, 1.54) is 0 Å². The van der Waals surface area contributed by atoms with Crippen molar-refractivity contribution in [1.82, 2.24) is 5.32 Å². The fraction of sp³-hybridized carbons (Fsp3) is 0.579. The molecule has 0 aromatic heterocycles. The second kappa shape index (κ2) is 9.70. The highest BCUT2D eigenvalue weighted by molar-refractivity contribution is 7.99. The highest BCUT2D eigenvalue weighted by atomic mass is 32.2. The van der Waals surface area contributed by atoms with Gasteiger partial charge in [-0.25, -0.2) is 0 Å². The number of benzene rings is 1. The Morgan fingerprint density at radius 1 is 1.32 bits per heavy atom. The molecule has 6 heteroatoms. The van der Waals surface area contributed by atoms with Crippen molar-refractivity contribution < 1.29 is 19.4 Å². The molecular weight excluding hydrogens is 338 g/mol. The van der Waals surface area contributed by atoms with Crippen LogP contribution in [0.4, 0.5) is 0 Å². The maximum absolute atomic E-state index is 12.0. The van der Waals surface area contributed by atoms with Gasteiger partial charge in [-0.2, -0.15) is 11.8 Å². The van der Waals surface area contributed by atoms with E-state index in [0.29, 0.717) is 12.2 Å². The van der Waals surface area contributed by atoms with E-state index in [9.17, 15) is 9.59 Å². The summed E-state index contributed by atoms with van der Waals surface area (Å²) in [4.78, 5) is 23.1. The van der Waals surface area contributed by atoms with Gasteiger partial charge in [-0.3, -0.25) is 9.59 Å². The molecule has 0 aliphatic carbocycles. The lowest BCUT2D eigenvalue weighted by atomic mass is 9.97. The Balaban J connectivity index is 2.78. The summed E-state index contributed by atoms with van der Waals surface area (Å²) >= 11 is 1.62. The average molecular weight is 368 g/mol. The molecule has 0 saturated heterocycles. The molecule has 1 rings (SSSR count). The van der Waals surface area contributed by atoms with Gasteiger partial charge in [0.25, 0.3) is 0 Å². The lowest BCUT2D eigenvalue weighted by Crippen LogP contribution is -2.40. The summed E-state index contributed by atoms with van der Waals surface area (Å²) in [6.07, 6.45) is 0.491. The van der Waals surface area contributed by atoms with E-state index in [4.69, 9.17) is 9.84 Å². The number of amides is 1. The zero-order valence-corrected chi connectivity index (χ0v) is 16.5. The number of carbonyl (C=O) groups excluding carboxylic acids is 1. The predicted octanol–water partition coefficient (Wildman–Crippen LogP) is 3.89. The maximum Gasteiger partial charge on any atom is 0.303 e. The Hall–Kier alpha value is -1.69. The molecule has 0 spiro atoms. The molecule has 0 radical (unpaired) electrons. The molecule has 0 fully saturated rings. The van der Waals surface area contributed by atoms with Gasteiger partial charge in [0.1, 0.15) is 5.75 Å². The van der Waals surface area contributed by atoms with Crippen LogP contribution in [0.3, 0.4) is 0 Å². The molecule has 0 saturated carbocycles. The van der Waals surface area contributed by atoms with E-state index in [-0.39, 0.29) is 29.0 Å². The normalized spacial score (nSPS) is 13.8. The van der Waals surface area contributed by atoms with Crippen LogP contribution in [-0.4, -0.2) is 35.4 Å². The van der Waals surface area contributed by atoms with Crippen LogP contribution >= 0.6 is 11.8 Å². The summed E-state index contributed by atoms with van der Waals surface area (Å²) in [6.45, 7) is 7.78. The molecule has 1 aromatic carbocycles. The molecule has 25 heavy (non-hydrogen) atoms. The number of rotatable bonds is 9. The van der Waals surface area contributed by atoms with Crippen molar-refractivity contribution in [2.45, 2.75) is 51.3 Å². The molecule has 0 aliphatic rings. The lowest BCUT2D eigenvalue weighted by Gasteiger charge is -2.24. The van der Waals surface area contributed by atoms with Crippen molar-refractivity contribution in [3.63, 3.8) is 0 Å². The minimum atomic E-state index is -0.813. The van der Waals surface area contributed by atoms with Gasteiger partial charge in [0.2, 0.25) is 5.91 Å². The molecule has 0 bridgehead atoms. The number of carboxylic acids is 1. The highest BCUT2D eigenvalue weighted by Gasteiger charge is 2.23. The van der Waals surface area contributed by atoms with Crippen LogP contribution in [0.1, 0.15) is 51.3 Å². The predicted molar refractivity (Wildman–Crippen MR) is 102 cm³/mol. The first-order chi connectivity index (χ1) is 11.6. The Labute approximate surface area is 154 Å². The molecule has 0 aliphatic heterocycles. The van der Waals surface area contributed by atoms with Crippen molar-refractivity contribution in [2.24, 2.45) is 5.92 Å². The van der Waals surface area contributed by atoms with Crippen LogP contribution in [0, 0.1) is 5.92 Å². The van der Waals surface area contributed by atoms with Crippen molar-refractivity contribution in [3.8, 4) is 5.75 Å². The molecule has 140 valence electrons. The number of aliphatic carboxylic acids is 1. The van der Waals surface area contributed by atoms with Crippen LogP contribution in [0.15, 0.2) is 24.3 Å². The summed E-state index contributed by atoms with van der Waals surface area (Å²) in [7, 11) is 1.61. The van der Waals surface area contributed by atoms with E-state index < -0.39 is 5.97 Å². The van der Waals surface area contributed by atoms with Crippen molar-refractivity contribution in [2.75, 3.05) is 12.9 Å². The molecule has 1 aromatic rings. The number of carbonyl (C=O) groups is 2. The summed E-state index contributed by atoms with van der Waals surface area (Å²) in [5, 5.41) is 12.1. The zero-order chi connectivity index (χ0) is 19.0. The minimum absolute atomic E-state index is 0.00589. The fourth-order valence-corrected chi connectivity index (χ4v) is 3.87. The van der Waals surface area contributed by atoms with Crippen molar-refractivity contribution >= 4 is 23.6 Å². The summed E-state index contributed by atoms with van der Waals surface area (Å²) < 4.78 is 5.27. The van der Waals surface area contributed by atoms with Gasteiger partial charge >= 0.3 is 5.97 Å². The van der Waals surface area contributed by atoms with Crippen LogP contribution < -0.4 is 10.1 Å². The maximum atomic E-state index is 12.0. The van der Waals surface area contributed by atoms with Gasteiger partial charge in [0, 0.05) is 29.4 Å². The van der Waals surface area contributed by atoms with E-state index in [0.717, 1.165) is 11.3 Å². The molecule has 2 N–H and O–H groups in total. The first-order valence-electron chi connectivity index (χ1n) is 8.40. The Bertz CT molecular complexity index is 583. The largest absolute Gasteiger partial charge is 0.497 e. The lowest BCUT2D eigenvalue weighted by molar-refractivity contribution is -0.138. The number of methoxy groups -OCH3 is 1. The highest BCUT2D eigenvalue weighted by Crippen LogP contribution is 2.39. The van der Waals surface area contributed by atoms with Gasteiger partial charge < -0.3 is 15.2 Å². The fourth-order valence-electron chi connectivity index (χ4n) is 2.55. The van der Waals surface area contributed by atoms with Crippen LogP contribution in [0.25, 0.3) is 0 Å². The number of hydrogen-bond acceptors (Lipinski definition) is 4. The number of hydrogen-bond donors (Lipinski definition) is 2. The SMILES string of the molecule is COc1cccc(C(SCCC(=O)NC(C)(C)C)C(C)CC(=O)O)c1. The number of ether oxygens (including phenoxy) is 1. The monoisotopic (exact) mass is 367 g/mol. The standard InChI is InChI=1S/C19H29NO4S/c1-13(11-17(22)23)18(14-7-6-8-15(12-14)24-5)25-10-9-16(21)20-19(2,3)4/h6-8,12-13,18H,9-11H2,1-5H3,(H,20,21)(H,22,23). The third-order valence-electron chi connectivity index (χ3n) is 3.58. The Morgan fingerprint density at radius 2 is 2.00 bits per heavy atom. The summed E-state index contributed by atoms with van der Waals surface area (Å²) in [5.41, 5.74) is 0.777. The molecular formula is C19H29NO4S. The van der Waals surface area contributed by atoms with Gasteiger partial charge in [0.15, 0.2) is 0 Å². The molecule has 5 nitrogen and oxygen atoms in total. The Morgan fingerprint density at radius 3 is 2.56 bits per heavy atom. The second-order valence-corrected chi connectivity index (χ2v) is 8.44. The van der Waals surface area contributed by atoms with Crippen molar-refractivity contribution in [1.29, 1.82) is 0 Å². The van der Waals surface area contributed by atoms with E-state index in [1.54, 1.807) is 18.9 Å². The van der Waals surface area contributed by atoms with Crippen molar-refractivity contribution in [3.05, 3.63) is 29.8 Å². The smallest absolute Gasteiger partial charge is 0.303 e. The number of thioether (sulfide) groups is 1. The first kappa shape index (κ1) is 21.4. The average Bonchev–Trinajstić information content (AvgIpc) is 2.49. The molecule has 2 unspecified atom stereocenters. The Kier molecular flexibility index (Phi) is 8.29. The van der Waals surface area contributed by atoms with Gasteiger partial charge in [-0.1, -0.05) is 19.1 Å². The quantitative estimate of drug-likeness (QED) is 0.693. The molecule has 0 heterocycles. The van der Waals surface area contributed by atoms with Gasteiger partial charge in [-0.05, 0) is 44.4 Å².